The minimum Gasteiger partial charge on any atom is -0.486 e. The Kier molecular flexibility index (Phi) is 5.79. The summed E-state index contributed by atoms with van der Waals surface area (Å²) in [6.07, 6.45) is 1.65. The van der Waals surface area contributed by atoms with Crippen LogP contribution in [0.25, 0.3) is 0 Å². The number of sulfonamides is 1. The summed E-state index contributed by atoms with van der Waals surface area (Å²) in [7, 11) is -4.10. The predicted molar refractivity (Wildman–Crippen MR) is 111 cm³/mol. The highest BCUT2D eigenvalue weighted by molar-refractivity contribution is 7.89. The molecule has 11 heteroatoms. The molecule has 164 valence electrons. The molecular weight excluding hydrogens is 426 g/mol. The van der Waals surface area contributed by atoms with E-state index in [-0.39, 0.29) is 17.1 Å². The van der Waals surface area contributed by atoms with E-state index in [1.54, 1.807) is 18.2 Å². The van der Waals surface area contributed by atoms with E-state index in [0.717, 1.165) is 10.4 Å². The SMILES string of the molecule is O=C(Nc1ccc2c(c1)OCCO2)[C@H]1CCCCN1S(=O)(=O)c1cccc([N+](=O)[O-])c1. The normalized spacial score (nSPS) is 18.9. The molecule has 31 heavy (non-hydrogen) atoms. The highest BCUT2D eigenvalue weighted by Gasteiger charge is 2.38. The van der Waals surface area contributed by atoms with Crippen LogP contribution in [0.5, 0.6) is 11.5 Å². The number of rotatable bonds is 5. The van der Waals surface area contributed by atoms with E-state index in [0.29, 0.717) is 49.7 Å². The molecule has 1 N–H and O–H groups in total. The molecule has 1 atom stereocenters. The van der Waals surface area contributed by atoms with Gasteiger partial charge in [0.15, 0.2) is 11.5 Å². The standard InChI is InChI=1S/C20H21N3O7S/c24-20(21-14-7-8-18-19(12-14)30-11-10-29-18)17-6-1-2-9-22(17)31(27,28)16-5-3-4-15(13-16)23(25)26/h3-5,7-8,12-13,17H,1-2,6,9-11H2,(H,21,24)/t17-/m1/s1. The Labute approximate surface area is 179 Å². The molecule has 0 radical (unpaired) electrons. The highest BCUT2D eigenvalue weighted by Crippen LogP contribution is 2.33. The Morgan fingerprint density at radius 1 is 1.10 bits per heavy atom. The predicted octanol–water partition coefficient (Wildman–Crippen LogP) is 2.55. The van der Waals surface area contributed by atoms with Gasteiger partial charge in [0.25, 0.3) is 5.69 Å². The number of ether oxygens (including phenoxy) is 2. The van der Waals surface area contributed by atoms with E-state index < -0.39 is 26.9 Å². The topological polar surface area (TPSA) is 128 Å². The van der Waals surface area contributed by atoms with Gasteiger partial charge in [-0.25, -0.2) is 8.42 Å². The van der Waals surface area contributed by atoms with Crippen LogP contribution in [-0.4, -0.2) is 49.4 Å². The quantitative estimate of drug-likeness (QED) is 0.551. The first-order valence-electron chi connectivity index (χ1n) is 9.83. The molecule has 0 spiro atoms. The Bertz CT molecular complexity index is 1120. The van der Waals surface area contributed by atoms with E-state index in [1.807, 2.05) is 0 Å². The van der Waals surface area contributed by atoms with Gasteiger partial charge in [0.1, 0.15) is 19.3 Å². The van der Waals surface area contributed by atoms with Gasteiger partial charge in [0.05, 0.1) is 9.82 Å². The van der Waals surface area contributed by atoms with Crippen LogP contribution < -0.4 is 14.8 Å². The molecule has 0 unspecified atom stereocenters. The minimum absolute atomic E-state index is 0.157. The fourth-order valence-electron chi connectivity index (χ4n) is 3.69. The lowest BCUT2D eigenvalue weighted by atomic mass is 10.0. The smallest absolute Gasteiger partial charge is 0.270 e. The Morgan fingerprint density at radius 3 is 2.65 bits per heavy atom. The van der Waals surface area contributed by atoms with Crippen molar-refractivity contribution in [2.75, 3.05) is 25.1 Å². The van der Waals surface area contributed by atoms with E-state index in [9.17, 15) is 23.3 Å². The maximum Gasteiger partial charge on any atom is 0.270 e. The molecule has 0 bridgehead atoms. The van der Waals surface area contributed by atoms with Crippen molar-refractivity contribution in [1.82, 2.24) is 4.31 Å². The Hall–Kier alpha value is -3.18. The van der Waals surface area contributed by atoms with Crippen LogP contribution in [0.4, 0.5) is 11.4 Å². The summed E-state index contributed by atoms with van der Waals surface area (Å²) < 4.78 is 38.5. The molecule has 0 aromatic heterocycles. The lowest BCUT2D eigenvalue weighted by Gasteiger charge is -2.33. The highest BCUT2D eigenvalue weighted by atomic mass is 32.2. The van der Waals surface area contributed by atoms with E-state index in [1.165, 1.54) is 18.2 Å². The van der Waals surface area contributed by atoms with Crippen molar-refractivity contribution in [2.45, 2.75) is 30.2 Å². The summed E-state index contributed by atoms with van der Waals surface area (Å²) >= 11 is 0. The average molecular weight is 447 g/mol. The molecule has 1 saturated heterocycles. The van der Waals surface area contributed by atoms with Crippen LogP contribution in [0.3, 0.4) is 0 Å². The van der Waals surface area contributed by atoms with Gasteiger partial charge in [0, 0.05) is 30.4 Å². The molecular formula is C20H21N3O7S. The lowest BCUT2D eigenvalue weighted by Crippen LogP contribution is -2.49. The molecule has 2 aliphatic heterocycles. The van der Waals surface area contributed by atoms with Crippen LogP contribution in [0.15, 0.2) is 47.4 Å². The molecule has 2 aliphatic rings. The van der Waals surface area contributed by atoms with Gasteiger partial charge >= 0.3 is 0 Å². The second kappa shape index (κ2) is 8.52. The van der Waals surface area contributed by atoms with Crippen LogP contribution in [0.1, 0.15) is 19.3 Å². The van der Waals surface area contributed by atoms with Crippen molar-refractivity contribution in [1.29, 1.82) is 0 Å². The van der Waals surface area contributed by atoms with Crippen molar-refractivity contribution < 1.29 is 27.6 Å². The van der Waals surface area contributed by atoms with Gasteiger partial charge in [-0.05, 0) is 31.0 Å². The van der Waals surface area contributed by atoms with Crippen molar-refractivity contribution in [3.63, 3.8) is 0 Å². The minimum atomic E-state index is -4.10. The first-order chi connectivity index (χ1) is 14.9. The van der Waals surface area contributed by atoms with Crippen LogP contribution in [0, 0.1) is 10.1 Å². The molecule has 2 heterocycles. The summed E-state index contributed by atoms with van der Waals surface area (Å²) in [6.45, 7) is 1.01. The summed E-state index contributed by atoms with van der Waals surface area (Å²) in [5, 5.41) is 13.8. The number of carbonyl (C=O) groups excluding carboxylic acids is 1. The zero-order chi connectivity index (χ0) is 22.0. The number of carbonyl (C=O) groups is 1. The number of nitro benzene ring substituents is 1. The monoisotopic (exact) mass is 447 g/mol. The summed E-state index contributed by atoms with van der Waals surface area (Å²) in [5.74, 6) is 0.621. The van der Waals surface area contributed by atoms with Crippen molar-refractivity contribution in [3.8, 4) is 11.5 Å². The summed E-state index contributed by atoms with van der Waals surface area (Å²) in [4.78, 5) is 23.2. The van der Waals surface area contributed by atoms with E-state index >= 15 is 0 Å². The molecule has 2 aromatic rings. The van der Waals surface area contributed by atoms with Crippen LogP contribution in [-0.2, 0) is 14.8 Å². The van der Waals surface area contributed by atoms with Crippen LogP contribution >= 0.6 is 0 Å². The molecule has 10 nitrogen and oxygen atoms in total. The third-order valence-corrected chi connectivity index (χ3v) is 7.11. The molecule has 1 fully saturated rings. The van der Waals surface area contributed by atoms with Gasteiger partial charge in [-0.2, -0.15) is 4.31 Å². The molecule has 0 aliphatic carbocycles. The first-order valence-corrected chi connectivity index (χ1v) is 11.3. The number of hydrogen-bond donors (Lipinski definition) is 1. The zero-order valence-electron chi connectivity index (χ0n) is 16.5. The lowest BCUT2D eigenvalue weighted by molar-refractivity contribution is -0.385. The third kappa shape index (κ3) is 4.32. The largest absolute Gasteiger partial charge is 0.486 e. The van der Waals surface area contributed by atoms with Gasteiger partial charge in [-0.1, -0.05) is 12.5 Å². The van der Waals surface area contributed by atoms with Gasteiger partial charge in [-0.15, -0.1) is 0 Å². The van der Waals surface area contributed by atoms with Gasteiger partial charge in [-0.3, -0.25) is 14.9 Å². The second-order valence-electron chi connectivity index (χ2n) is 7.23. The number of nitro groups is 1. The van der Waals surface area contributed by atoms with Crippen molar-refractivity contribution >= 4 is 27.3 Å². The first kappa shape index (κ1) is 21.1. The number of nitrogens with zero attached hydrogens (tertiary/aromatic N) is 2. The van der Waals surface area contributed by atoms with Crippen LogP contribution in [0.2, 0.25) is 0 Å². The fraction of sp³-hybridized carbons (Fsp3) is 0.350. The molecule has 4 rings (SSSR count). The number of anilines is 1. The number of hydrogen-bond acceptors (Lipinski definition) is 7. The molecule has 2 aromatic carbocycles. The third-order valence-electron chi connectivity index (χ3n) is 5.20. The number of piperidine rings is 1. The number of benzene rings is 2. The summed E-state index contributed by atoms with van der Waals surface area (Å²) in [6, 6.07) is 8.91. The average Bonchev–Trinajstić information content (AvgIpc) is 2.79. The van der Waals surface area contributed by atoms with E-state index in [4.69, 9.17) is 9.47 Å². The maximum absolute atomic E-state index is 13.2. The van der Waals surface area contributed by atoms with E-state index in [2.05, 4.69) is 5.32 Å². The zero-order valence-corrected chi connectivity index (χ0v) is 17.3. The summed E-state index contributed by atoms with van der Waals surface area (Å²) in [5.41, 5.74) is 0.142. The second-order valence-corrected chi connectivity index (χ2v) is 9.12. The molecule has 1 amide bonds. The van der Waals surface area contributed by atoms with Gasteiger partial charge in [0.2, 0.25) is 15.9 Å². The number of nitrogens with one attached hydrogen (secondary N) is 1. The Balaban J connectivity index is 1.57. The maximum atomic E-state index is 13.2. The number of non-ortho nitro benzene ring substituents is 1. The Morgan fingerprint density at radius 2 is 1.87 bits per heavy atom. The number of fused-ring (bicyclic) bond motifs is 1. The van der Waals surface area contributed by atoms with Crippen molar-refractivity contribution in [3.05, 3.63) is 52.6 Å². The fourth-order valence-corrected chi connectivity index (χ4v) is 5.39. The van der Waals surface area contributed by atoms with Crippen molar-refractivity contribution in [2.24, 2.45) is 0 Å². The van der Waals surface area contributed by atoms with Gasteiger partial charge < -0.3 is 14.8 Å². The number of amides is 1. The molecule has 0 saturated carbocycles.